The maximum absolute atomic E-state index is 8.03. The SMILES string of the molecule is CCOCCNC1CCC2(Cn3nc(C)c4c3CCN(c3cc(C)nc(NC)c3C=N)C4)CCCC1C2. The van der Waals surface area contributed by atoms with Gasteiger partial charge in [0.25, 0.3) is 0 Å². The molecule has 3 unspecified atom stereocenters. The fourth-order valence-corrected chi connectivity index (χ4v) is 7.30. The molecule has 2 bridgehead atoms. The van der Waals surface area contributed by atoms with Crippen LogP contribution in [0.2, 0.25) is 0 Å². The summed E-state index contributed by atoms with van der Waals surface area (Å²) in [5.41, 5.74) is 7.27. The monoisotopic (exact) mass is 507 g/mol. The van der Waals surface area contributed by atoms with Gasteiger partial charge in [-0.25, -0.2) is 4.98 Å². The van der Waals surface area contributed by atoms with Crippen molar-refractivity contribution in [1.29, 1.82) is 5.41 Å². The summed E-state index contributed by atoms with van der Waals surface area (Å²) in [5.74, 6) is 1.56. The zero-order valence-corrected chi connectivity index (χ0v) is 23.2. The van der Waals surface area contributed by atoms with E-state index in [-0.39, 0.29) is 0 Å². The Balaban J connectivity index is 1.31. The molecule has 2 saturated carbocycles. The van der Waals surface area contributed by atoms with Crippen molar-refractivity contribution in [1.82, 2.24) is 20.1 Å². The van der Waals surface area contributed by atoms with E-state index in [0.717, 1.165) is 80.2 Å². The normalized spacial score (nSPS) is 25.1. The number of hydrogen-bond acceptors (Lipinski definition) is 7. The summed E-state index contributed by atoms with van der Waals surface area (Å²) in [6.07, 6.45) is 10.3. The Kier molecular flexibility index (Phi) is 7.86. The molecule has 1 aliphatic heterocycles. The van der Waals surface area contributed by atoms with Crippen LogP contribution in [-0.4, -0.2) is 60.4 Å². The molecule has 2 aromatic heterocycles. The number of aromatic nitrogens is 3. The first-order chi connectivity index (χ1) is 18.0. The standard InChI is InChI=1S/C29H45N7O/c1-5-37-14-12-32-25-8-11-29(10-6-7-22(25)16-29)19-36-26-9-13-35(18-24(26)21(3)34-36)27-15-20(2)33-28(31-4)23(27)17-30/h15,17,22,25,30,32H,5-14,16,18-19H2,1-4H3,(H,31,33). The van der Waals surface area contributed by atoms with Crippen LogP contribution >= 0.6 is 0 Å². The van der Waals surface area contributed by atoms with E-state index in [2.05, 4.69) is 45.1 Å². The van der Waals surface area contributed by atoms with Crippen LogP contribution in [0.15, 0.2) is 6.07 Å². The Morgan fingerprint density at radius 2 is 2.14 bits per heavy atom. The number of pyridine rings is 1. The molecule has 2 aromatic rings. The smallest absolute Gasteiger partial charge is 0.136 e. The van der Waals surface area contributed by atoms with Crippen LogP contribution in [0, 0.1) is 30.6 Å². The Hall–Kier alpha value is -2.45. The highest BCUT2D eigenvalue weighted by molar-refractivity contribution is 5.92. The number of rotatable bonds is 10. The molecule has 37 heavy (non-hydrogen) atoms. The van der Waals surface area contributed by atoms with Crippen molar-refractivity contribution >= 4 is 17.7 Å². The molecule has 2 aliphatic carbocycles. The first-order valence-corrected chi connectivity index (χ1v) is 14.3. The van der Waals surface area contributed by atoms with Crippen LogP contribution in [-0.2, 0) is 24.2 Å². The second-order valence-electron chi connectivity index (χ2n) is 11.4. The predicted octanol–water partition coefficient (Wildman–Crippen LogP) is 4.46. The van der Waals surface area contributed by atoms with Crippen molar-refractivity contribution < 1.29 is 4.74 Å². The molecule has 0 aromatic carbocycles. The zero-order valence-electron chi connectivity index (χ0n) is 23.2. The van der Waals surface area contributed by atoms with Crippen molar-refractivity contribution in [3.63, 3.8) is 0 Å². The van der Waals surface area contributed by atoms with Crippen molar-refractivity contribution in [2.45, 2.75) is 84.8 Å². The molecule has 3 N–H and O–H groups in total. The summed E-state index contributed by atoms with van der Waals surface area (Å²) in [5, 5.41) is 20.1. The first kappa shape index (κ1) is 26.2. The highest BCUT2D eigenvalue weighted by atomic mass is 16.5. The van der Waals surface area contributed by atoms with Crippen LogP contribution in [0.4, 0.5) is 11.5 Å². The van der Waals surface area contributed by atoms with Gasteiger partial charge in [-0.15, -0.1) is 0 Å². The third-order valence-corrected chi connectivity index (χ3v) is 9.10. The predicted molar refractivity (Wildman–Crippen MR) is 150 cm³/mol. The van der Waals surface area contributed by atoms with Gasteiger partial charge in [-0.2, -0.15) is 5.10 Å². The molecule has 0 amide bonds. The van der Waals surface area contributed by atoms with E-state index >= 15 is 0 Å². The number of ether oxygens (including phenoxy) is 1. The molecule has 8 nitrogen and oxygen atoms in total. The van der Waals surface area contributed by atoms with Crippen LogP contribution in [0.25, 0.3) is 0 Å². The molecule has 3 aliphatic rings. The van der Waals surface area contributed by atoms with Gasteiger partial charge >= 0.3 is 0 Å². The van der Waals surface area contributed by atoms with Gasteiger partial charge in [-0.3, -0.25) is 4.68 Å². The Morgan fingerprint density at radius 3 is 2.92 bits per heavy atom. The van der Waals surface area contributed by atoms with Crippen molar-refractivity contribution in [2.75, 3.05) is 43.6 Å². The van der Waals surface area contributed by atoms with E-state index in [1.54, 1.807) is 0 Å². The number of nitrogens with one attached hydrogen (secondary N) is 3. The van der Waals surface area contributed by atoms with E-state index in [9.17, 15) is 0 Å². The maximum Gasteiger partial charge on any atom is 0.136 e. The lowest BCUT2D eigenvalue weighted by Gasteiger charge is -2.49. The van der Waals surface area contributed by atoms with Gasteiger partial charge in [0.15, 0.2) is 0 Å². The number of aryl methyl sites for hydroxylation is 2. The summed E-state index contributed by atoms with van der Waals surface area (Å²) in [7, 11) is 1.88. The Morgan fingerprint density at radius 1 is 1.27 bits per heavy atom. The lowest BCUT2D eigenvalue weighted by atomic mass is 9.60. The second-order valence-corrected chi connectivity index (χ2v) is 11.4. The van der Waals surface area contributed by atoms with Crippen LogP contribution in [0.5, 0.6) is 0 Å². The topological polar surface area (TPSA) is 91.1 Å². The molecule has 8 heteroatoms. The fraction of sp³-hybridized carbons (Fsp3) is 0.690. The maximum atomic E-state index is 8.03. The lowest BCUT2D eigenvalue weighted by molar-refractivity contribution is 0.0297. The van der Waals surface area contributed by atoms with E-state index in [1.807, 2.05) is 14.0 Å². The summed E-state index contributed by atoms with van der Waals surface area (Å²) in [4.78, 5) is 7.00. The first-order valence-electron chi connectivity index (χ1n) is 14.3. The lowest BCUT2D eigenvalue weighted by Crippen LogP contribution is -2.49. The van der Waals surface area contributed by atoms with Crippen molar-refractivity contribution in [3.8, 4) is 0 Å². The Labute approximate surface area is 222 Å². The molecule has 5 rings (SSSR count). The van der Waals surface area contributed by atoms with Gasteiger partial charge in [0.1, 0.15) is 5.82 Å². The van der Waals surface area contributed by atoms with Gasteiger partial charge in [0.2, 0.25) is 0 Å². The van der Waals surface area contributed by atoms with Crippen LogP contribution < -0.4 is 15.5 Å². The van der Waals surface area contributed by atoms with Gasteiger partial charge in [0, 0.05) is 75.5 Å². The average molecular weight is 508 g/mol. The van der Waals surface area contributed by atoms with Gasteiger partial charge in [0.05, 0.1) is 23.6 Å². The summed E-state index contributed by atoms with van der Waals surface area (Å²) in [6.45, 7) is 11.7. The number of hydrogen-bond donors (Lipinski definition) is 3. The van der Waals surface area contributed by atoms with E-state index in [0.29, 0.717) is 11.5 Å². The van der Waals surface area contributed by atoms with Crippen molar-refractivity contribution in [2.24, 2.45) is 11.3 Å². The molecule has 0 spiro atoms. The second kappa shape index (κ2) is 11.1. The molecule has 2 fully saturated rings. The number of nitrogens with zero attached hydrogens (tertiary/aromatic N) is 4. The molecule has 0 saturated heterocycles. The molecular weight excluding hydrogens is 462 g/mol. The highest BCUT2D eigenvalue weighted by Crippen LogP contribution is 2.50. The minimum atomic E-state index is 0.391. The summed E-state index contributed by atoms with van der Waals surface area (Å²) in [6, 6.07) is 2.76. The molecule has 3 atom stereocenters. The van der Waals surface area contributed by atoms with E-state index in [4.69, 9.17) is 15.2 Å². The average Bonchev–Trinajstić information content (AvgIpc) is 3.21. The Bertz CT molecular complexity index is 1110. The number of anilines is 2. The third kappa shape index (κ3) is 5.28. The molecular formula is C29H45N7O. The van der Waals surface area contributed by atoms with Gasteiger partial charge in [-0.05, 0) is 70.3 Å². The van der Waals surface area contributed by atoms with Crippen LogP contribution in [0.3, 0.4) is 0 Å². The molecule has 3 heterocycles. The summed E-state index contributed by atoms with van der Waals surface area (Å²) < 4.78 is 7.94. The molecule has 0 radical (unpaired) electrons. The van der Waals surface area contributed by atoms with Gasteiger partial charge in [-0.1, -0.05) is 6.42 Å². The molecule has 202 valence electrons. The van der Waals surface area contributed by atoms with E-state index < -0.39 is 0 Å². The number of fused-ring (bicyclic) bond motifs is 3. The quantitative estimate of drug-likeness (QED) is 0.325. The van der Waals surface area contributed by atoms with Crippen molar-refractivity contribution in [3.05, 3.63) is 34.3 Å². The van der Waals surface area contributed by atoms with E-state index in [1.165, 1.54) is 56.0 Å². The van der Waals surface area contributed by atoms with Crippen LogP contribution in [0.1, 0.15) is 73.7 Å². The minimum Gasteiger partial charge on any atom is -0.380 e. The third-order valence-electron chi connectivity index (χ3n) is 9.10. The fourth-order valence-electron chi connectivity index (χ4n) is 7.30. The van der Waals surface area contributed by atoms with Gasteiger partial charge < -0.3 is 25.7 Å². The largest absolute Gasteiger partial charge is 0.380 e. The highest BCUT2D eigenvalue weighted by Gasteiger charge is 2.44. The summed E-state index contributed by atoms with van der Waals surface area (Å²) >= 11 is 0. The minimum absolute atomic E-state index is 0.391. The zero-order chi connectivity index (χ0) is 26.0.